The fourth-order valence-corrected chi connectivity index (χ4v) is 10.9. The Morgan fingerprint density at radius 3 is 1.44 bits per heavy atom. The second kappa shape index (κ2) is 19.0. The number of halogens is 2. The van der Waals surface area contributed by atoms with Crippen LogP contribution in [0.1, 0.15) is 52.7 Å². The summed E-state index contributed by atoms with van der Waals surface area (Å²) in [6.07, 6.45) is 0. The number of rotatable bonds is 7. The van der Waals surface area contributed by atoms with Crippen molar-refractivity contribution in [3.8, 4) is 39.1 Å². The van der Waals surface area contributed by atoms with Crippen LogP contribution in [0.2, 0.25) is 5.02 Å². The molecule has 0 bridgehead atoms. The molecule has 0 aliphatic rings. The van der Waals surface area contributed by atoms with Crippen LogP contribution in [0, 0.1) is 0 Å². The molecule has 0 aliphatic heterocycles. The molecule has 1 heterocycles. The number of hydrogen-bond donors (Lipinski definition) is 0. The number of anilines is 3. The van der Waals surface area contributed by atoms with Crippen LogP contribution < -0.4 is 4.90 Å². The van der Waals surface area contributed by atoms with Crippen LogP contribution in [0.15, 0.2) is 235 Å². The number of nitrogens with zero attached hydrogens (tertiary/aromatic N) is 2. The molecule has 4 heteroatoms. The average molecular weight is 1020 g/mol. The lowest BCUT2D eigenvalue weighted by Gasteiger charge is -2.31. The zero-order chi connectivity index (χ0) is 49.7. The largest absolute Gasteiger partial charge is 0.309 e. The van der Waals surface area contributed by atoms with Crippen LogP contribution in [0.4, 0.5) is 17.1 Å². The van der Waals surface area contributed by atoms with E-state index in [0.717, 1.165) is 82.1 Å². The highest BCUT2D eigenvalue weighted by Crippen LogP contribution is 2.48. The molecular formula is C68H56BrClN2. The molecule has 0 N–H and O–H groups in total. The summed E-state index contributed by atoms with van der Waals surface area (Å²) in [7, 11) is 0. The van der Waals surface area contributed by atoms with Crippen molar-refractivity contribution in [2.75, 3.05) is 4.90 Å². The van der Waals surface area contributed by atoms with Gasteiger partial charge in [-0.1, -0.05) is 245 Å². The zero-order valence-electron chi connectivity index (χ0n) is 41.6. The molecule has 0 fully saturated rings. The fraction of sp³-hybridized carbons (Fsp3) is 0.118. The molecule has 0 radical (unpaired) electrons. The van der Waals surface area contributed by atoms with Crippen molar-refractivity contribution in [3.05, 3.63) is 251 Å². The van der Waals surface area contributed by atoms with Crippen molar-refractivity contribution < 1.29 is 0 Å². The summed E-state index contributed by atoms with van der Waals surface area (Å²) in [6.45, 7) is 13.9. The van der Waals surface area contributed by atoms with Gasteiger partial charge in [-0.25, -0.2) is 0 Å². The summed E-state index contributed by atoms with van der Waals surface area (Å²) in [5, 5.41) is 7.55. The van der Waals surface area contributed by atoms with Gasteiger partial charge in [0.05, 0.1) is 16.7 Å². The minimum absolute atomic E-state index is 0.0359. The molecule has 352 valence electrons. The van der Waals surface area contributed by atoms with Gasteiger partial charge in [0.1, 0.15) is 0 Å². The highest BCUT2D eigenvalue weighted by atomic mass is 79.9. The van der Waals surface area contributed by atoms with E-state index >= 15 is 0 Å². The van der Waals surface area contributed by atoms with E-state index in [0.29, 0.717) is 5.02 Å². The fourth-order valence-electron chi connectivity index (χ4n) is 10.3. The zero-order valence-corrected chi connectivity index (χ0v) is 43.9. The minimum atomic E-state index is -0.0359. The van der Waals surface area contributed by atoms with Crippen molar-refractivity contribution in [1.82, 2.24) is 4.57 Å². The Morgan fingerprint density at radius 1 is 0.375 bits per heavy atom. The Labute approximate surface area is 437 Å². The van der Waals surface area contributed by atoms with Gasteiger partial charge in [-0.3, -0.25) is 0 Å². The molecule has 0 unspecified atom stereocenters. The molecule has 0 atom stereocenters. The van der Waals surface area contributed by atoms with E-state index < -0.39 is 0 Å². The van der Waals surface area contributed by atoms with E-state index in [1.165, 1.54) is 33.0 Å². The minimum Gasteiger partial charge on any atom is -0.309 e. The third-order valence-corrected chi connectivity index (χ3v) is 14.7. The molecule has 11 rings (SSSR count). The first-order chi connectivity index (χ1) is 34.8. The van der Waals surface area contributed by atoms with E-state index in [4.69, 9.17) is 11.6 Å². The molecule has 72 heavy (non-hydrogen) atoms. The maximum atomic E-state index is 7.60. The monoisotopic (exact) mass is 1010 g/mol. The second-order valence-corrected chi connectivity index (χ2v) is 22.2. The predicted octanol–water partition coefficient (Wildman–Crippen LogP) is 20.7. The normalized spacial score (nSPS) is 11.9. The van der Waals surface area contributed by atoms with Crippen LogP contribution in [-0.2, 0) is 10.8 Å². The summed E-state index contributed by atoms with van der Waals surface area (Å²) in [5.41, 5.74) is 15.4. The SMILES string of the molecule is CC(C)(C)c1cc(-c2ccc3c(c2)c2ccccc2c2ccccc2c2ccccc2n3-c2cc(Cl)cc(N(c3cccc(Br)c3)c3c(-c4ccccc4)cccc3-c3ccccc3)c2)cc(C(C)(C)C)c1. The van der Waals surface area contributed by atoms with E-state index in [9.17, 15) is 0 Å². The van der Waals surface area contributed by atoms with Gasteiger partial charge in [0.15, 0.2) is 0 Å². The first kappa shape index (κ1) is 46.9. The Balaban J connectivity index is 1.29. The van der Waals surface area contributed by atoms with Crippen LogP contribution in [0.25, 0.3) is 82.4 Å². The molecular weight excluding hydrogens is 960 g/mol. The second-order valence-electron chi connectivity index (χ2n) is 20.9. The molecule has 0 amide bonds. The number of aromatic nitrogens is 1. The Kier molecular flexibility index (Phi) is 12.4. The van der Waals surface area contributed by atoms with Crippen molar-refractivity contribution in [2.24, 2.45) is 0 Å². The third-order valence-electron chi connectivity index (χ3n) is 14.0. The Hall–Kier alpha value is -7.43. The van der Waals surface area contributed by atoms with Gasteiger partial charge < -0.3 is 9.47 Å². The summed E-state index contributed by atoms with van der Waals surface area (Å²) >= 11 is 11.5. The summed E-state index contributed by atoms with van der Waals surface area (Å²) in [6, 6.07) is 84.0. The molecule has 0 saturated heterocycles. The highest BCUT2D eigenvalue weighted by Gasteiger charge is 2.25. The van der Waals surface area contributed by atoms with E-state index in [1.807, 2.05) is 0 Å². The first-order valence-corrected chi connectivity index (χ1v) is 26.0. The van der Waals surface area contributed by atoms with Gasteiger partial charge >= 0.3 is 0 Å². The topological polar surface area (TPSA) is 8.17 Å². The highest BCUT2D eigenvalue weighted by molar-refractivity contribution is 9.10. The van der Waals surface area contributed by atoms with Crippen LogP contribution in [0.5, 0.6) is 0 Å². The quantitative estimate of drug-likeness (QED) is 0.154. The smallest absolute Gasteiger partial charge is 0.0618 e. The third kappa shape index (κ3) is 8.97. The number of para-hydroxylation sites is 2. The van der Waals surface area contributed by atoms with E-state index in [-0.39, 0.29) is 10.8 Å². The van der Waals surface area contributed by atoms with Gasteiger partial charge in [-0.2, -0.15) is 0 Å². The molecule has 10 aromatic carbocycles. The maximum absolute atomic E-state index is 7.60. The van der Waals surface area contributed by atoms with Gasteiger partial charge in [-0.15, -0.1) is 0 Å². The molecule has 0 spiro atoms. The number of fused-ring (bicyclic) bond motifs is 7. The van der Waals surface area contributed by atoms with Crippen molar-refractivity contribution >= 4 is 87.9 Å². The number of hydrogen-bond acceptors (Lipinski definition) is 1. The van der Waals surface area contributed by atoms with Crippen molar-refractivity contribution in [1.29, 1.82) is 0 Å². The summed E-state index contributed by atoms with van der Waals surface area (Å²) in [5.74, 6) is 0. The van der Waals surface area contributed by atoms with Gasteiger partial charge in [-0.05, 0) is 120 Å². The Bertz CT molecular complexity index is 3820. The van der Waals surface area contributed by atoms with Gasteiger partial charge in [0.2, 0.25) is 0 Å². The summed E-state index contributed by atoms with van der Waals surface area (Å²) < 4.78 is 3.42. The van der Waals surface area contributed by atoms with Crippen molar-refractivity contribution in [2.45, 2.75) is 52.4 Å². The molecule has 0 saturated carbocycles. The lowest BCUT2D eigenvalue weighted by Crippen LogP contribution is -2.16. The predicted molar refractivity (Wildman–Crippen MR) is 315 cm³/mol. The van der Waals surface area contributed by atoms with Gasteiger partial charge in [0, 0.05) is 48.5 Å². The average Bonchev–Trinajstić information content (AvgIpc) is 3.43. The lowest BCUT2D eigenvalue weighted by molar-refractivity contribution is 0.569. The standard InChI is InChI=1S/C68H56BrClN2/c1-67(2,3)49-37-48(38-50(40-49)68(4,5)6)47-35-36-65-63(39-47)61-30-16-14-28-59(61)58-27-13-15-29-60(58)62-31-17-18-34-64(62)72(65)55-43-52(70)42-54(44-55)71(53-26-19-25-51(69)41-53)66-56(45-21-9-7-10-22-45)32-20-33-57(66)46-23-11-8-12-24-46/h7-44H,1-6H3. The van der Waals surface area contributed by atoms with Crippen LogP contribution in [-0.4, -0.2) is 4.57 Å². The molecule has 1 aromatic heterocycles. The molecule has 11 aromatic rings. The van der Waals surface area contributed by atoms with Crippen LogP contribution in [0.3, 0.4) is 0 Å². The molecule has 0 aliphatic carbocycles. The lowest BCUT2D eigenvalue weighted by atomic mass is 9.79. The van der Waals surface area contributed by atoms with Gasteiger partial charge in [0.25, 0.3) is 0 Å². The van der Waals surface area contributed by atoms with Crippen LogP contribution >= 0.6 is 27.5 Å². The molecule has 2 nitrogen and oxygen atoms in total. The summed E-state index contributed by atoms with van der Waals surface area (Å²) in [4.78, 5) is 2.39. The Morgan fingerprint density at radius 2 is 0.875 bits per heavy atom. The first-order valence-electron chi connectivity index (χ1n) is 24.8. The van der Waals surface area contributed by atoms with Crippen molar-refractivity contribution in [3.63, 3.8) is 0 Å². The van der Waals surface area contributed by atoms with E-state index in [1.54, 1.807) is 0 Å². The maximum Gasteiger partial charge on any atom is 0.0618 e. The van der Waals surface area contributed by atoms with E-state index in [2.05, 4.69) is 297 Å². The number of benzene rings is 10.